The maximum Gasteiger partial charge on any atom is 0.277 e. The second-order valence-electron chi connectivity index (χ2n) is 3.35. The lowest BCUT2D eigenvalue weighted by molar-refractivity contribution is -0.0516. The predicted molar refractivity (Wildman–Crippen MR) is 70.4 cm³/mol. The van der Waals surface area contributed by atoms with E-state index in [9.17, 15) is 8.78 Å². The van der Waals surface area contributed by atoms with Gasteiger partial charge in [0.2, 0.25) is 0 Å². The fourth-order valence-electron chi connectivity index (χ4n) is 1.02. The number of nitrogens with zero attached hydrogens (tertiary/aromatic N) is 2. The third-order valence-electron chi connectivity index (χ3n) is 1.98. The largest absolute Gasteiger partial charge is 0.277 e. The first kappa shape index (κ1) is 18.9. The molecule has 0 radical (unpaired) electrons. The molecule has 18 heavy (non-hydrogen) atoms. The molecule has 1 rings (SSSR count). The molecule has 1 aromatic rings. The Bertz CT molecular complexity index is 368. The number of nitriles is 1. The van der Waals surface area contributed by atoms with Crippen LogP contribution in [0.1, 0.15) is 52.7 Å². The number of halogens is 2. The van der Waals surface area contributed by atoms with Crippen LogP contribution in [-0.2, 0) is 5.92 Å². The Kier molecular flexibility index (Phi) is 9.97. The van der Waals surface area contributed by atoms with Crippen molar-refractivity contribution in [3.63, 3.8) is 0 Å². The zero-order chi connectivity index (χ0) is 14.8. The molecule has 0 saturated heterocycles. The third kappa shape index (κ3) is 5.22. The molecule has 1 aromatic heterocycles. The highest BCUT2D eigenvalue weighted by molar-refractivity contribution is 5.31. The topological polar surface area (TPSA) is 36.7 Å². The number of hydrogen-bond donors (Lipinski definition) is 0. The Labute approximate surface area is 109 Å². The summed E-state index contributed by atoms with van der Waals surface area (Å²) >= 11 is 0. The van der Waals surface area contributed by atoms with Crippen molar-refractivity contribution in [2.75, 3.05) is 0 Å². The van der Waals surface area contributed by atoms with E-state index in [2.05, 4.69) is 4.98 Å². The lowest BCUT2D eigenvalue weighted by atomic mass is 9.98. The van der Waals surface area contributed by atoms with Crippen LogP contribution in [0, 0.1) is 17.2 Å². The average molecular weight is 256 g/mol. The highest BCUT2D eigenvalue weighted by Crippen LogP contribution is 2.35. The first-order chi connectivity index (χ1) is 8.48. The number of aromatic nitrogens is 1. The van der Waals surface area contributed by atoms with Crippen LogP contribution in [0.5, 0.6) is 0 Å². The van der Waals surface area contributed by atoms with Gasteiger partial charge < -0.3 is 0 Å². The molecular weight excluding hydrogens is 234 g/mol. The Morgan fingerprint density at radius 3 is 2.06 bits per heavy atom. The SMILES string of the molecule is CC.CC.CC(C)C(F)(F)c1cncc(C#N)c1. The zero-order valence-corrected chi connectivity index (χ0v) is 12.0. The molecule has 0 N–H and O–H groups in total. The Balaban J connectivity index is 0. The van der Waals surface area contributed by atoms with Crippen LogP contribution >= 0.6 is 0 Å². The maximum absolute atomic E-state index is 13.4. The van der Waals surface area contributed by atoms with E-state index in [-0.39, 0.29) is 11.1 Å². The van der Waals surface area contributed by atoms with Crippen molar-refractivity contribution in [1.82, 2.24) is 4.98 Å². The molecular formula is C14H22F2N2. The minimum Gasteiger partial charge on any atom is -0.263 e. The van der Waals surface area contributed by atoms with Gasteiger partial charge in [0.15, 0.2) is 0 Å². The van der Waals surface area contributed by atoms with E-state index in [1.54, 1.807) is 6.07 Å². The molecule has 4 heteroatoms. The molecule has 0 aromatic carbocycles. The molecule has 1 heterocycles. The molecule has 2 nitrogen and oxygen atoms in total. The van der Waals surface area contributed by atoms with E-state index in [0.29, 0.717) is 0 Å². The van der Waals surface area contributed by atoms with E-state index in [1.165, 1.54) is 26.1 Å². The van der Waals surface area contributed by atoms with Gasteiger partial charge in [-0.2, -0.15) is 5.26 Å². The van der Waals surface area contributed by atoms with Gasteiger partial charge in [-0.05, 0) is 6.07 Å². The van der Waals surface area contributed by atoms with Crippen LogP contribution in [0.15, 0.2) is 18.5 Å². The normalized spacial score (nSPS) is 9.56. The first-order valence-electron chi connectivity index (χ1n) is 6.22. The molecule has 0 spiro atoms. The van der Waals surface area contributed by atoms with Gasteiger partial charge in [-0.1, -0.05) is 41.5 Å². The average Bonchev–Trinajstić information content (AvgIpc) is 2.43. The van der Waals surface area contributed by atoms with Gasteiger partial charge in [-0.3, -0.25) is 4.98 Å². The van der Waals surface area contributed by atoms with Crippen molar-refractivity contribution >= 4 is 0 Å². The summed E-state index contributed by atoms with van der Waals surface area (Å²) in [6.07, 6.45) is 2.36. The van der Waals surface area contributed by atoms with E-state index < -0.39 is 11.8 Å². The second kappa shape index (κ2) is 9.52. The molecule has 0 atom stereocenters. The first-order valence-corrected chi connectivity index (χ1v) is 6.22. The lowest BCUT2D eigenvalue weighted by Gasteiger charge is -2.20. The van der Waals surface area contributed by atoms with Crippen molar-refractivity contribution in [2.45, 2.75) is 47.5 Å². The van der Waals surface area contributed by atoms with Crippen molar-refractivity contribution in [3.8, 4) is 6.07 Å². The van der Waals surface area contributed by atoms with Gasteiger partial charge >= 0.3 is 0 Å². The smallest absolute Gasteiger partial charge is 0.263 e. The molecule has 0 amide bonds. The third-order valence-corrected chi connectivity index (χ3v) is 1.98. The summed E-state index contributed by atoms with van der Waals surface area (Å²) in [5, 5.41) is 8.53. The van der Waals surface area contributed by atoms with E-state index >= 15 is 0 Å². The van der Waals surface area contributed by atoms with Crippen LogP contribution in [0.25, 0.3) is 0 Å². The second-order valence-corrected chi connectivity index (χ2v) is 3.35. The molecule has 0 aliphatic rings. The molecule has 0 aliphatic heterocycles. The summed E-state index contributed by atoms with van der Waals surface area (Å²) in [7, 11) is 0. The summed E-state index contributed by atoms with van der Waals surface area (Å²) in [6, 6.07) is 2.96. The van der Waals surface area contributed by atoms with Gasteiger partial charge in [-0.15, -0.1) is 0 Å². The fourth-order valence-corrected chi connectivity index (χ4v) is 1.02. The lowest BCUT2D eigenvalue weighted by Crippen LogP contribution is -2.21. The summed E-state index contributed by atoms with van der Waals surface area (Å²) in [4.78, 5) is 3.60. The van der Waals surface area contributed by atoms with Gasteiger partial charge in [0.05, 0.1) is 5.56 Å². The Hall–Kier alpha value is -1.50. The molecule has 0 unspecified atom stereocenters. The number of pyridine rings is 1. The van der Waals surface area contributed by atoms with Crippen molar-refractivity contribution in [3.05, 3.63) is 29.6 Å². The summed E-state index contributed by atoms with van der Waals surface area (Å²) in [6.45, 7) is 10.9. The maximum atomic E-state index is 13.4. The highest BCUT2D eigenvalue weighted by Gasteiger charge is 2.35. The molecule has 102 valence electrons. The van der Waals surface area contributed by atoms with Crippen molar-refractivity contribution in [2.24, 2.45) is 5.92 Å². The molecule has 0 fully saturated rings. The minimum atomic E-state index is -2.93. The van der Waals surface area contributed by atoms with Gasteiger partial charge in [0.1, 0.15) is 6.07 Å². The van der Waals surface area contributed by atoms with Crippen molar-refractivity contribution in [1.29, 1.82) is 5.26 Å². The van der Waals surface area contributed by atoms with Crippen LogP contribution in [0.3, 0.4) is 0 Å². The quantitative estimate of drug-likeness (QED) is 0.765. The van der Waals surface area contributed by atoms with Crippen LogP contribution < -0.4 is 0 Å². The van der Waals surface area contributed by atoms with E-state index in [4.69, 9.17) is 5.26 Å². The van der Waals surface area contributed by atoms with Gasteiger partial charge in [0, 0.05) is 23.9 Å². The summed E-state index contributed by atoms with van der Waals surface area (Å²) in [5.41, 5.74) is -0.0469. The Morgan fingerprint density at radius 1 is 1.17 bits per heavy atom. The molecule has 0 bridgehead atoms. The number of hydrogen-bond acceptors (Lipinski definition) is 2. The monoisotopic (exact) mass is 256 g/mol. The highest BCUT2D eigenvalue weighted by atomic mass is 19.3. The predicted octanol–water partition coefficient (Wildman–Crippen LogP) is 4.75. The standard InChI is InChI=1S/C10H10F2N2.2C2H6/c1-7(2)10(11,12)9-3-8(4-13)5-14-6-9;2*1-2/h3,5-7H,1-2H3;2*1-2H3. The zero-order valence-electron chi connectivity index (χ0n) is 12.0. The van der Waals surface area contributed by atoms with E-state index in [1.807, 2.05) is 27.7 Å². The minimum absolute atomic E-state index is 0.155. The molecule has 0 aliphatic carbocycles. The number of rotatable bonds is 2. The van der Waals surface area contributed by atoms with E-state index in [0.717, 1.165) is 6.20 Å². The van der Waals surface area contributed by atoms with Crippen LogP contribution in [0.4, 0.5) is 8.78 Å². The Morgan fingerprint density at radius 2 is 1.67 bits per heavy atom. The fraction of sp³-hybridized carbons (Fsp3) is 0.571. The van der Waals surface area contributed by atoms with Gasteiger partial charge in [-0.25, -0.2) is 8.78 Å². The van der Waals surface area contributed by atoms with Gasteiger partial charge in [0.25, 0.3) is 5.92 Å². The van der Waals surface area contributed by atoms with Crippen LogP contribution in [-0.4, -0.2) is 4.98 Å². The summed E-state index contributed by atoms with van der Waals surface area (Å²) < 4.78 is 26.9. The van der Waals surface area contributed by atoms with Crippen LogP contribution in [0.2, 0.25) is 0 Å². The number of alkyl halides is 2. The molecule has 0 saturated carbocycles. The summed E-state index contributed by atoms with van der Waals surface area (Å²) in [5.74, 6) is -3.74. The van der Waals surface area contributed by atoms with Crippen molar-refractivity contribution < 1.29 is 8.78 Å².